The molecule has 3 N–H and O–H groups in total. The Balaban J connectivity index is 0.981. The van der Waals surface area contributed by atoms with Crippen molar-refractivity contribution in [1.82, 2.24) is 24.8 Å². The van der Waals surface area contributed by atoms with E-state index in [2.05, 4.69) is 20.5 Å². The van der Waals surface area contributed by atoms with E-state index in [1.54, 1.807) is 35.4 Å². The maximum atomic E-state index is 13.2. The molecular weight excluding hydrogens is 741 g/mol. The van der Waals surface area contributed by atoms with Crippen molar-refractivity contribution in [1.29, 1.82) is 0 Å². The van der Waals surface area contributed by atoms with Crippen LogP contribution in [0.25, 0.3) is 11.1 Å². The zero-order chi connectivity index (χ0) is 38.6. The van der Waals surface area contributed by atoms with Gasteiger partial charge in [0.25, 0.3) is 21.6 Å². The first-order valence-corrected chi connectivity index (χ1v) is 20.2. The minimum Gasteiger partial charge on any atom is -0.492 e. The van der Waals surface area contributed by atoms with Crippen molar-refractivity contribution < 1.29 is 27.9 Å². The third-order valence-electron chi connectivity index (χ3n) is 8.87. The Hall–Kier alpha value is -5.87. The smallest absolute Gasteiger partial charge is 0.285 e. The lowest BCUT2D eigenvalue weighted by Gasteiger charge is -2.35. The summed E-state index contributed by atoms with van der Waals surface area (Å²) in [6, 6.07) is 26.7. The molecule has 16 heteroatoms. The van der Waals surface area contributed by atoms with Gasteiger partial charge in [0, 0.05) is 77.7 Å². The second kappa shape index (κ2) is 18.4. The Kier molecular flexibility index (Phi) is 13.0. The van der Waals surface area contributed by atoms with E-state index in [-0.39, 0.29) is 22.2 Å². The molecule has 0 saturated carbocycles. The lowest BCUT2D eigenvalue weighted by Crippen LogP contribution is -2.56. The van der Waals surface area contributed by atoms with Gasteiger partial charge in [-0.2, -0.15) is 0 Å². The van der Waals surface area contributed by atoms with Crippen LogP contribution in [0.15, 0.2) is 113 Å². The zero-order valence-corrected chi connectivity index (χ0v) is 31.8. The zero-order valence-electron chi connectivity index (χ0n) is 30.2. The SMILES string of the molecule is CCOc1cncc(-c2ccccc2CCC(=O)N2CCN(c3ccc(C(=O)NS(=O)(=O)c4ccc(NCCSc5ccccc5)c([NH+]=O)c4)nn3)CC2)c1. The maximum Gasteiger partial charge on any atom is 0.285 e. The predicted molar refractivity (Wildman–Crippen MR) is 211 cm³/mol. The standard InChI is InChI=1S/C39H40N8O6S2/c1-2-53-30-24-29(26-40-27-30)33-11-7-6-8-28(33)12-17-38(48)47-21-19-46(20-22-47)37-16-15-35(42-43-37)39(49)45-55(51,52)32-13-14-34(36(25-32)44-50)41-18-23-54-31-9-4-3-5-10-31/h3-11,13-16,24-27,41H,2,12,17-23H2,1H3,(H,45,49)/p+1. The van der Waals surface area contributed by atoms with Gasteiger partial charge in [-0.25, -0.2) is 13.1 Å². The molecular formula is C39H41N8O6S2+. The minimum absolute atomic E-state index is 0.0221. The Morgan fingerprint density at radius 3 is 2.44 bits per heavy atom. The lowest BCUT2D eigenvalue weighted by atomic mass is 9.97. The number of ether oxygens (including phenoxy) is 1. The van der Waals surface area contributed by atoms with Crippen molar-refractivity contribution in [2.45, 2.75) is 29.6 Å². The molecule has 1 aliphatic heterocycles. The van der Waals surface area contributed by atoms with Crippen LogP contribution in [0.4, 0.5) is 17.2 Å². The van der Waals surface area contributed by atoms with Crippen LogP contribution < -0.4 is 24.9 Å². The number of sulfonamides is 1. The summed E-state index contributed by atoms with van der Waals surface area (Å²) >= 11 is 1.64. The number of nitrogens with zero attached hydrogens (tertiary/aromatic N) is 5. The average molecular weight is 782 g/mol. The molecule has 0 spiro atoms. The summed E-state index contributed by atoms with van der Waals surface area (Å²) in [5.74, 6) is 1.00. The molecule has 6 rings (SSSR count). The van der Waals surface area contributed by atoms with E-state index in [4.69, 9.17) is 4.74 Å². The molecule has 5 aromatic rings. The number of rotatable bonds is 16. The Bertz CT molecular complexity index is 2220. The van der Waals surface area contributed by atoms with Gasteiger partial charge in [0.05, 0.1) is 17.7 Å². The molecule has 2 aromatic heterocycles. The number of hydrogen-bond donors (Lipinski definition) is 3. The first-order chi connectivity index (χ1) is 26.7. The highest BCUT2D eigenvalue weighted by Crippen LogP contribution is 2.28. The Morgan fingerprint density at radius 1 is 0.909 bits per heavy atom. The van der Waals surface area contributed by atoms with Crippen LogP contribution in [0, 0.1) is 4.91 Å². The van der Waals surface area contributed by atoms with E-state index in [1.807, 2.05) is 82.1 Å². The van der Waals surface area contributed by atoms with Crippen LogP contribution in [0.2, 0.25) is 0 Å². The molecule has 284 valence electrons. The molecule has 14 nitrogen and oxygen atoms in total. The van der Waals surface area contributed by atoms with E-state index in [0.29, 0.717) is 69.4 Å². The number of amides is 2. The molecule has 1 aliphatic rings. The molecule has 3 aromatic carbocycles. The molecule has 0 aliphatic carbocycles. The van der Waals surface area contributed by atoms with E-state index in [0.717, 1.165) is 33.4 Å². The first kappa shape index (κ1) is 38.8. The Morgan fingerprint density at radius 2 is 1.69 bits per heavy atom. The highest BCUT2D eigenvalue weighted by molar-refractivity contribution is 7.99. The summed E-state index contributed by atoms with van der Waals surface area (Å²) in [6.07, 6.45) is 4.41. The van der Waals surface area contributed by atoms with Crippen LogP contribution in [-0.4, -0.2) is 85.4 Å². The van der Waals surface area contributed by atoms with Gasteiger partial charge in [-0.3, -0.25) is 14.6 Å². The molecule has 0 atom stereocenters. The van der Waals surface area contributed by atoms with Crippen LogP contribution in [0.3, 0.4) is 0 Å². The summed E-state index contributed by atoms with van der Waals surface area (Å²) in [6.45, 7) is 5.01. The second-order valence-corrected chi connectivity index (χ2v) is 15.3. The van der Waals surface area contributed by atoms with Gasteiger partial charge in [-0.15, -0.1) is 22.0 Å². The lowest BCUT2D eigenvalue weighted by molar-refractivity contribution is -0.378. The fourth-order valence-corrected chi connectivity index (χ4v) is 7.84. The molecule has 55 heavy (non-hydrogen) atoms. The van der Waals surface area contributed by atoms with E-state index >= 15 is 0 Å². The normalized spacial score (nSPS) is 12.9. The van der Waals surface area contributed by atoms with Gasteiger partial charge in [-0.1, -0.05) is 42.5 Å². The van der Waals surface area contributed by atoms with Crippen molar-refractivity contribution >= 4 is 50.8 Å². The number of nitroso groups, excluding NO2 is 1. The topological polar surface area (TPSA) is 178 Å². The number of hydrogen-bond acceptors (Lipinski definition) is 12. The van der Waals surface area contributed by atoms with Crippen molar-refractivity contribution in [3.05, 3.63) is 120 Å². The largest absolute Gasteiger partial charge is 0.492 e. The fraction of sp³-hybridized carbons (Fsp3) is 0.256. The number of aromatic nitrogens is 3. The second-order valence-electron chi connectivity index (χ2n) is 12.5. The van der Waals surface area contributed by atoms with E-state index in [9.17, 15) is 22.9 Å². The molecule has 0 bridgehead atoms. The fourth-order valence-electron chi connectivity index (χ4n) is 6.06. The van der Waals surface area contributed by atoms with Gasteiger partial charge < -0.3 is 19.9 Å². The van der Waals surface area contributed by atoms with E-state index < -0.39 is 15.9 Å². The van der Waals surface area contributed by atoms with Crippen LogP contribution in [0.5, 0.6) is 5.75 Å². The molecule has 2 amide bonds. The third kappa shape index (κ3) is 10.2. The van der Waals surface area contributed by atoms with Gasteiger partial charge in [-0.05, 0) is 66.9 Å². The third-order valence-corrected chi connectivity index (χ3v) is 11.2. The maximum absolute atomic E-state index is 13.2. The molecule has 1 saturated heterocycles. The van der Waals surface area contributed by atoms with Crippen LogP contribution in [0.1, 0.15) is 29.4 Å². The van der Waals surface area contributed by atoms with Gasteiger partial charge >= 0.3 is 0 Å². The summed E-state index contributed by atoms with van der Waals surface area (Å²) < 4.78 is 33.8. The molecule has 1 fully saturated rings. The van der Waals surface area contributed by atoms with Crippen LogP contribution in [-0.2, 0) is 21.2 Å². The van der Waals surface area contributed by atoms with Crippen molar-refractivity contribution in [2.24, 2.45) is 0 Å². The Labute approximate surface area is 323 Å². The van der Waals surface area contributed by atoms with Crippen LogP contribution >= 0.6 is 11.8 Å². The predicted octanol–water partition coefficient (Wildman–Crippen LogP) is 4.02. The summed E-state index contributed by atoms with van der Waals surface area (Å²) in [7, 11) is -4.34. The first-order valence-electron chi connectivity index (χ1n) is 17.8. The molecule has 0 radical (unpaired) electrons. The summed E-state index contributed by atoms with van der Waals surface area (Å²) in [4.78, 5) is 46.7. The van der Waals surface area contributed by atoms with Crippen molar-refractivity contribution in [3.63, 3.8) is 0 Å². The molecule has 0 unspecified atom stereocenters. The van der Waals surface area contributed by atoms with E-state index in [1.165, 1.54) is 18.2 Å². The number of anilines is 2. The summed E-state index contributed by atoms with van der Waals surface area (Å²) in [5.41, 5.74) is 3.26. The van der Waals surface area contributed by atoms with Gasteiger partial charge in [0.2, 0.25) is 5.91 Å². The average Bonchev–Trinajstić information content (AvgIpc) is 3.22. The highest BCUT2D eigenvalue weighted by atomic mass is 32.2. The number of aryl methyl sites for hydroxylation is 1. The number of carbonyl (C=O) groups excluding carboxylic acids is 2. The number of thioether (sulfide) groups is 1. The summed E-state index contributed by atoms with van der Waals surface area (Å²) in [5, 5.41) is 13.0. The quantitative estimate of drug-likeness (QED) is 0.0970. The number of carbonyl (C=O) groups is 2. The number of nitrogens with one attached hydrogen (secondary N) is 3. The van der Waals surface area contributed by atoms with Crippen molar-refractivity contribution in [3.8, 4) is 16.9 Å². The minimum atomic E-state index is -4.34. The molecule has 3 heterocycles. The number of benzene rings is 3. The highest BCUT2D eigenvalue weighted by Gasteiger charge is 2.25. The van der Waals surface area contributed by atoms with Gasteiger partial charge in [0.1, 0.15) is 11.4 Å². The number of piperazine rings is 1. The van der Waals surface area contributed by atoms with Gasteiger partial charge in [0.15, 0.2) is 11.5 Å². The monoisotopic (exact) mass is 781 g/mol. The van der Waals surface area contributed by atoms with Crippen molar-refractivity contribution in [2.75, 3.05) is 55.3 Å². The number of pyridine rings is 1.